The third-order valence-corrected chi connectivity index (χ3v) is 4.50. The van der Waals surface area contributed by atoms with Crippen molar-refractivity contribution in [2.24, 2.45) is 0 Å². The van der Waals surface area contributed by atoms with Gasteiger partial charge in [0.15, 0.2) is 5.82 Å². The number of hydrogen-bond donors (Lipinski definition) is 0. The molecule has 28 heavy (non-hydrogen) atoms. The molecule has 7 heteroatoms. The van der Waals surface area contributed by atoms with Crippen molar-refractivity contribution in [3.05, 3.63) is 64.0 Å². The molecule has 0 radical (unpaired) electrons. The lowest BCUT2D eigenvalue weighted by molar-refractivity contribution is -0.384. The molecule has 0 saturated heterocycles. The van der Waals surface area contributed by atoms with Crippen LogP contribution in [-0.2, 0) is 0 Å². The van der Waals surface area contributed by atoms with Gasteiger partial charge in [-0.1, -0.05) is 12.1 Å². The Morgan fingerprint density at radius 1 is 1.07 bits per heavy atom. The van der Waals surface area contributed by atoms with E-state index in [4.69, 9.17) is 9.72 Å². The van der Waals surface area contributed by atoms with E-state index in [0.717, 1.165) is 35.4 Å². The first-order valence-electron chi connectivity index (χ1n) is 9.09. The van der Waals surface area contributed by atoms with E-state index in [1.165, 1.54) is 12.1 Å². The summed E-state index contributed by atoms with van der Waals surface area (Å²) in [6.07, 6.45) is 3.65. The highest BCUT2D eigenvalue weighted by molar-refractivity contribution is 5.94. The predicted molar refractivity (Wildman–Crippen MR) is 112 cm³/mol. The van der Waals surface area contributed by atoms with Gasteiger partial charge in [0.25, 0.3) is 5.69 Å². The summed E-state index contributed by atoms with van der Waals surface area (Å²) in [5.41, 5.74) is 1.65. The summed E-state index contributed by atoms with van der Waals surface area (Å²) in [7, 11) is 1.63. The average Bonchev–Trinajstić information content (AvgIpc) is 2.73. The van der Waals surface area contributed by atoms with Gasteiger partial charge in [-0.15, -0.1) is 0 Å². The molecule has 0 aliphatic heterocycles. The topological polar surface area (TPSA) is 81.4 Å². The molecule has 1 heterocycles. The van der Waals surface area contributed by atoms with Crippen LogP contribution in [0.1, 0.15) is 25.2 Å². The number of rotatable bonds is 7. The molecule has 0 fully saturated rings. The Hall–Kier alpha value is -3.48. The largest absolute Gasteiger partial charge is 0.494 e. The number of aromatic nitrogens is 2. The van der Waals surface area contributed by atoms with Crippen LogP contribution < -0.4 is 9.64 Å². The van der Waals surface area contributed by atoms with Gasteiger partial charge in [0.05, 0.1) is 12.0 Å². The molecule has 0 unspecified atom stereocenters. The number of benzene rings is 2. The van der Waals surface area contributed by atoms with Gasteiger partial charge in [-0.05, 0) is 49.8 Å². The van der Waals surface area contributed by atoms with Crippen molar-refractivity contribution in [1.29, 1.82) is 0 Å². The van der Waals surface area contributed by atoms with E-state index in [9.17, 15) is 10.1 Å². The second-order valence-corrected chi connectivity index (χ2v) is 6.12. The lowest BCUT2D eigenvalue weighted by Gasteiger charge is -2.22. The Balaban J connectivity index is 2.06. The molecule has 0 N–H and O–H groups in total. The molecule has 0 aliphatic carbocycles. The highest BCUT2D eigenvalue weighted by Gasteiger charge is 2.14. The van der Waals surface area contributed by atoms with Crippen molar-refractivity contribution < 1.29 is 9.66 Å². The zero-order valence-corrected chi connectivity index (χ0v) is 16.1. The molecule has 1 aromatic heterocycles. The first kappa shape index (κ1) is 19.3. The molecule has 0 atom stereocenters. The molecule has 0 bridgehead atoms. The molecule has 2 aromatic carbocycles. The number of nitrogens with zero attached hydrogens (tertiary/aromatic N) is 4. The van der Waals surface area contributed by atoms with Gasteiger partial charge in [0.2, 0.25) is 0 Å². The summed E-state index contributed by atoms with van der Waals surface area (Å²) in [6.45, 7) is 5.82. The first-order valence-corrected chi connectivity index (χ1v) is 9.09. The van der Waals surface area contributed by atoms with E-state index in [1.807, 2.05) is 24.3 Å². The van der Waals surface area contributed by atoms with Crippen LogP contribution in [0.5, 0.6) is 5.75 Å². The zero-order valence-electron chi connectivity index (χ0n) is 16.1. The van der Waals surface area contributed by atoms with Crippen molar-refractivity contribution in [3.63, 3.8) is 0 Å². The lowest BCUT2D eigenvalue weighted by Crippen LogP contribution is -2.23. The molecule has 3 aromatic rings. The molecular formula is C21H22N4O3. The summed E-state index contributed by atoms with van der Waals surface area (Å²) in [5, 5.41) is 11.7. The van der Waals surface area contributed by atoms with Crippen molar-refractivity contribution in [2.75, 3.05) is 25.1 Å². The average molecular weight is 378 g/mol. The maximum atomic E-state index is 10.8. The Morgan fingerprint density at radius 3 is 2.39 bits per heavy atom. The Bertz CT molecular complexity index is 1010. The fraction of sp³-hybridized carbons (Fsp3) is 0.238. The Labute approximate surface area is 163 Å². The van der Waals surface area contributed by atoms with Crippen LogP contribution in [0.25, 0.3) is 23.1 Å². The van der Waals surface area contributed by atoms with E-state index in [-0.39, 0.29) is 5.69 Å². The summed E-state index contributed by atoms with van der Waals surface area (Å²) in [6, 6.07) is 12.2. The maximum absolute atomic E-state index is 10.8. The van der Waals surface area contributed by atoms with Crippen molar-refractivity contribution >= 4 is 34.6 Å². The quantitative estimate of drug-likeness (QED) is 0.443. The number of nitro benzene ring substituents is 1. The number of para-hydroxylation sites is 1. The van der Waals surface area contributed by atoms with Gasteiger partial charge in [0, 0.05) is 30.6 Å². The molecule has 0 spiro atoms. The highest BCUT2D eigenvalue weighted by Crippen LogP contribution is 2.30. The van der Waals surface area contributed by atoms with Gasteiger partial charge in [0.1, 0.15) is 17.1 Å². The molecule has 0 amide bonds. The summed E-state index contributed by atoms with van der Waals surface area (Å²) < 4.78 is 5.49. The molecule has 3 rings (SSSR count). The second kappa shape index (κ2) is 8.47. The smallest absolute Gasteiger partial charge is 0.269 e. The standard InChI is InChI=1S/C21H22N4O3/c1-4-24(5-2)21-17-7-6-8-18(28-3)20(17)22-19(23-21)14-11-15-9-12-16(13-10-15)25(26)27/h6-14H,4-5H2,1-3H3. The van der Waals surface area contributed by atoms with Crippen LogP contribution in [0.15, 0.2) is 42.5 Å². The van der Waals surface area contributed by atoms with Gasteiger partial charge < -0.3 is 9.64 Å². The molecular weight excluding hydrogens is 356 g/mol. The number of methoxy groups -OCH3 is 1. The minimum absolute atomic E-state index is 0.0626. The van der Waals surface area contributed by atoms with E-state index in [2.05, 4.69) is 23.7 Å². The fourth-order valence-electron chi connectivity index (χ4n) is 3.01. The van der Waals surface area contributed by atoms with Crippen LogP contribution >= 0.6 is 0 Å². The summed E-state index contributed by atoms with van der Waals surface area (Å²) >= 11 is 0. The normalized spacial score (nSPS) is 11.1. The molecule has 0 saturated carbocycles. The molecule has 7 nitrogen and oxygen atoms in total. The monoisotopic (exact) mass is 378 g/mol. The lowest BCUT2D eigenvalue weighted by atomic mass is 10.2. The number of nitro groups is 1. The van der Waals surface area contributed by atoms with E-state index >= 15 is 0 Å². The van der Waals surface area contributed by atoms with E-state index < -0.39 is 4.92 Å². The molecule has 0 aliphatic rings. The van der Waals surface area contributed by atoms with Crippen molar-refractivity contribution in [1.82, 2.24) is 9.97 Å². The van der Waals surface area contributed by atoms with Crippen molar-refractivity contribution in [2.45, 2.75) is 13.8 Å². The van der Waals surface area contributed by atoms with Gasteiger partial charge in [-0.3, -0.25) is 10.1 Å². The summed E-state index contributed by atoms with van der Waals surface area (Å²) in [5.74, 6) is 2.10. The predicted octanol–water partition coefficient (Wildman–Crippen LogP) is 4.56. The number of fused-ring (bicyclic) bond motifs is 1. The van der Waals surface area contributed by atoms with Gasteiger partial charge in [-0.2, -0.15) is 0 Å². The third kappa shape index (κ3) is 3.93. The Kier molecular flexibility index (Phi) is 5.84. The Morgan fingerprint density at radius 2 is 1.79 bits per heavy atom. The van der Waals surface area contributed by atoms with E-state index in [1.54, 1.807) is 25.3 Å². The zero-order chi connectivity index (χ0) is 20.1. The van der Waals surface area contributed by atoms with Gasteiger partial charge in [-0.25, -0.2) is 9.97 Å². The van der Waals surface area contributed by atoms with Crippen LogP contribution in [0.3, 0.4) is 0 Å². The second-order valence-electron chi connectivity index (χ2n) is 6.12. The highest BCUT2D eigenvalue weighted by atomic mass is 16.6. The minimum Gasteiger partial charge on any atom is -0.494 e. The van der Waals surface area contributed by atoms with Crippen LogP contribution in [0, 0.1) is 10.1 Å². The SMILES string of the molecule is CCN(CC)c1nc(C=Cc2ccc([N+](=O)[O-])cc2)nc2c(OC)cccc12. The van der Waals surface area contributed by atoms with Gasteiger partial charge >= 0.3 is 0 Å². The minimum atomic E-state index is -0.414. The molecule has 144 valence electrons. The number of anilines is 1. The maximum Gasteiger partial charge on any atom is 0.269 e. The number of ether oxygens (including phenoxy) is 1. The number of non-ortho nitro benzene ring substituents is 1. The van der Waals surface area contributed by atoms with Crippen LogP contribution in [0.4, 0.5) is 11.5 Å². The third-order valence-electron chi connectivity index (χ3n) is 4.50. The summed E-state index contributed by atoms with van der Waals surface area (Å²) in [4.78, 5) is 21.9. The fourth-order valence-corrected chi connectivity index (χ4v) is 3.01. The van der Waals surface area contributed by atoms with Crippen LogP contribution in [0.2, 0.25) is 0 Å². The van der Waals surface area contributed by atoms with E-state index in [0.29, 0.717) is 11.6 Å². The van der Waals surface area contributed by atoms with Crippen molar-refractivity contribution in [3.8, 4) is 5.75 Å². The van der Waals surface area contributed by atoms with Crippen LogP contribution in [-0.4, -0.2) is 35.1 Å². The number of hydrogen-bond acceptors (Lipinski definition) is 6. The first-order chi connectivity index (χ1) is 13.6.